The number of nitrogens with zero attached hydrogens (tertiary/aromatic N) is 2. The van der Waals surface area contributed by atoms with E-state index in [1.165, 1.54) is 0 Å². The Kier molecular flexibility index (Phi) is 11.8. The van der Waals surface area contributed by atoms with Gasteiger partial charge in [0.2, 0.25) is 0 Å². The van der Waals surface area contributed by atoms with Gasteiger partial charge in [0.05, 0.1) is 6.54 Å². The lowest BCUT2D eigenvalue weighted by atomic mass is 10.1. The molecule has 3 amide bonds. The molecule has 5 aromatic rings. The lowest BCUT2D eigenvalue weighted by Crippen LogP contribution is -2.34. The first-order valence-electron chi connectivity index (χ1n) is 16.4. The van der Waals surface area contributed by atoms with Crippen LogP contribution in [0.4, 0.5) is 17.1 Å². The molecule has 0 aromatic heterocycles. The zero-order valence-corrected chi connectivity index (χ0v) is 28.1. The summed E-state index contributed by atoms with van der Waals surface area (Å²) >= 11 is 0. The van der Waals surface area contributed by atoms with Gasteiger partial charge in [-0.2, -0.15) is 0 Å². The minimum atomic E-state index is -1.14. The normalized spacial score (nSPS) is 10.7. The summed E-state index contributed by atoms with van der Waals surface area (Å²) in [6.45, 7) is 5.06. The zero-order valence-electron chi connectivity index (χ0n) is 28.1. The second kappa shape index (κ2) is 16.7. The van der Waals surface area contributed by atoms with Gasteiger partial charge in [0, 0.05) is 46.8 Å². The van der Waals surface area contributed by atoms with Gasteiger partial charge in [0.15, 0.2) is 0 Å². The topological polar surface area (TPSA) is 119 Å². The van der Waals surface area contributed by atoms with Gasteiger partial charge in [-0.1, -0.05) is 74.5 Å². The molecule has 0 aliphatic rings. The molecule has 50 heavy (non-hydrogen) atoms. The monoisotopic (exact) mass is 668 g/mol. The Labute approximate surface area is 292 Å². The Morgan fingerprint density at radius 3 is 1.62 bits per heavy atom. The van der Waals surface area contributed by atoms with Crippen molar-refractivity contribution in [3.05, 3.63) is 161 Å². The van der Waals surface area contributed by atoms with Gasteiger partial charge in [-0.3, -0.25) is 19.2 Å². The molecule has 3 N–H and O–H groups in total. The summed E-state index contributed by atoms with van der Waals surface area (Å²) < 4.78 is 0. The number of carbonyl (C=O) groups excluding carboxylic acids is 3. The number of hydrogen-bond donors (Lipinski definition) is 3. The molecule has 254 valence electrons. The number of anilines is 3. The Bertz CT molecular complexity index is 1890. The number of aliphatic carboxylic acids is 1. The van der Waals surface area contributed by atoms with E-state index in [4.69, 9.17) is 5.11 Å². The summed E-state index contributed by atoms with van der Waals surface area (Å²) in [4.78, 5) is 54.4. The van der Waals surface area contributed by atoms with E-state index in [2.05, 4.69) is 36.6 Å². The summed E-state index contributed by atoms with van der Waals surface area (Å²) in [6, 6.07) is 40.6. The zero-order chi connectivity index (χ0) is 35.5. The molecule has 5 aromatic carbocycles. The van der Waals surface area contributed by atoms with Crippen molar-refractivity contribution in [2.24, 2.45) is 5.92 Å². The summed E-state index contributed by atoms with van der Waals surface area (Å²) in [6.07, 6.45) is 0. The van der Waals surface area contributed by atoms with Crippen LogP contribution in [-0.2, 0) is 17.9 Å². The van der Waals surface area contributed by atoms with Gasteiger partial charge in [-0.25, -0.2) is 0 Å². The Hall–Kier alpha value is -6.22. The number of rotatable bonds is 14. The first-order valence-corrected chi connectivity index (χ1v) is 16.4. The minimum absolute atomic E-state index is 0.134. The number of carboxylic acids is 1. The minimum Gasteiger partial charge on any atom is -0.480 e. The smallest absolute Gasteiger partial charge is 0.322 e. The molecule has 9 heteroatoms. The van der Waals surface area contributed by atoms with Crippen molar-refractivity contribution < 1.29 is 24.3 Å². The van der Waals surface area contributed by atoms with Gasteiger partial charge < -0.3 is 25.5 Å². The van der Waals surface area contributed by atoms with Crippen molar-refractivity contribution in [2.75, 3.05) is 28.2 Å². The number of amides is 3. The summed E-state index contributed by atoms with van der Waals surface area (Å²) in [5, 5.41) is 14.6. The first-order chi connectivity index (χ1) is 24.2. The highest BCUT2D eigenvalue weighted by atomic mass is 16.4. The van der Waals surface area contributed by atoms with Crippen molar-refractivity contribution in [2.45, 2.75) is 26.9 Å². The van der Waals surface area contributed by atoms with Crippen LogP contribution in [0, 0.1) is 5.92 Å². The van der Waals surface area contributed by atoms with Crippen molar-refractivity contribution >= 4 is 40.8 Å². The van der Waals surface area contributed by atoms with E-state index >= 15 is 0 Å². The Balaban J connectivity index is 1.34. The predicted octanol–water partition coefficient (Wildman–Crippen LogP) is 7.26. The van der Waals surface area contributed by atoms with Crippen LogP contribution >= 0.6 is 0 Å². The molecular formula is C41H40N4O5. The number of carboxylic acid groups (broad SMARTS) is 1. The fraction of sp³-hybridized carbons (Fsp3) is 0.171. The van der Waals surface area contributed by atoms with Gasteiger partial charge in [0.25, 0.3) is 17.7 Å². The van der Waals surface area contributed by atoms with Gasteiger partial charge in [-0.05, 0) is 89.8 Å². The average molecular weight is 669 g/mol. The molecule has 0 aliphatic carbocycles. The molecule has 0 radical (unpaired) electrons. The third-order valence-corrected chi connectivity index (χ3v) is 7.96. The van der Waals surface area contributed by atoms with Crippen molar-refractivity contribution in [3.8, 4) is 0 Å². The third-order valence-electron chi connectivity index (χ3n) is 7.96. The molecule has 0 atom stereocenters. The summed E-state index contributed by atoms with van der Waals surface area (Å²) in [7, 11) is 0. The van der Waals surface area contributed by atoms with Crippen LogP contribution in [0.15, 0.2) is 133 Å². The van der Waals surface area contributed by atoms with Crippen LogP contribution in [0.1, 0.15) is 56.0 Å². The van der Waals surface area contributed by atoms with Gasteiger partial charge in [0.1, 0.15) is 6.54 Å². The van der Waals surface area contributed by atoms with E-state index in [0.29, 0.717) is 35.6 Å². The lowest BCUT2D eigenvalue weighted by Gasteiger charge is -2.26. The molecule has 0 aliphatic heterocycles. The number of carbonyl (C=O) groups is 4. The van der Waals surface area contributed by atoms with Crippen molar-refractivity contribution in [1.82, 2.24) is 5.32 Å². The molecule has 0 bridgehead atoms. The molecule has 0 saturated carbocycles. The maximum atomic E-state index is 14.0. The fourth-order valence-corrected chi connectivity index (χ4v) is 5.39. The highest BCUT2D eigenvalue weighted by Gasteiger charge is 2.22. The molecule has 0 saturated heterocycles. The number of hydrogen-bond acceptors (Lipinski definition) is 5. The molecule has 0 fully saturated rings. The molecule has 0 unspecified atom stereocenters. The van der Waals surface area contributed by atoms with Crippen molar-refractivity contribution in [1.29, 1.82) is 0 Å². The molecule has 5 rings (SSSR count). The first kappa shape index (κ1) is 35.1. The summed E-state index contributed by atoms with van der Waals surface area (Å²) in [5.74, 6) is -1.86. The van der Waals surface area contributed by atoms with E-state index < -0.39 is 18.4 Å². The quantitative estimate of drug-likeness (QED) is 0.115. The number of benzene rings is 5. The molecule has 0 spiro atoms. The fourth-order valence-electron chi connectivity index (χ4n) is 5.39. The second-order valence-electron chi connectivity index (χ2n) is 12.3. The van der Waals surface area contributed by atoms with Crippen LogP contribution < -0.4 is 20.4 Å². The predicted molar refractivity (Wildman–Crippen MR) is 197 cm³/mol. The Morgan fingerprint density at radius 2 is 1.08 bits per heavy atom. The van der Waals surface area contributed by atoms with E-state index in [9.17, 15) is 19.2 Å². The van der Waals surface area contributed by atoms with Crippen LogP contribution in [0.2, 0.25) is 0 Å². The van der Waals surface area contributed by atoms with E-state index in [-0.39, 0.29) is 29.8 Å². The Morgan fingerprint density at radius 1 is 0.600 bits per heavy atom. The highest BCUT2D eigenvalue weighted by molar-refractivity contribution is 6.08. The van der Waals surface area contributed by atoms with Crippen LogP contribution in [0.3, 0.4) is 0 Å². The van der Waals surface area contributed by atoms with E-state index in [1.807, 2.05) is 72.8 Å². The van der Waals surface area contributed by atoms with E-state index in [0.717, 1.165) is 16.8 Å². The second-order valence-corrected chi connectivity index (χ2v) is 12.3. The lowest BCUT2D eigenvalue weighted by molar-refractivity contribution is -0.135. The summed E-state index contributed by atoms with van der Waals surface area (Å²) in [5.41, 5.74) is 5.51. The standard InChI is InChI=1S/C41H40N4O5/c1-29(2)27-44(40(49)33-13-19-35(20-14-33)42-25-30-9-5-3-6-10-30)36-23-17-34(18-24-36)41(50)45(28-31-11-7-4-8-12-31)37-21-15-32(16-22-37)39(48)43-26-38(46)47/h3-24,29,42H,25-28H2,1-2H3,(H,43,48)(H,46,47). The molecule has 0 heterocycles. The van der Waals surface area contributed by atoms with Crippen LogP contribution in [-0.4, -0.2) is 41.9 Å². The highest BCUT2D eigenvalue weighted by Crippen LogP contribution is 2.25. The maximum absolute atomic E-state index is 14.0. The average Bonchev–Trinajstić information content (AvgIpc) is 3.15. The number of nitrogens with one attached hydrogen (secondary N) is 2. The SMILES string of the molecule is CC(C)CN(C(=O)c1ccc(NCc2ccccc2)cc1)c1ccc(C(=O)N(Cc2ccccc2)c2ccc(C(=O)NCC(=O)O)cc2)cc1. The van der Waals surface area contributed by atoms with Crippen molar-refractivity contribution in [3.63, 3.8) is 0 Å². The van der Waals surface area contributed by atoms with Gasteiger partial charge in [-0.15, -0.1) is 0 Å². The molecule has 9 nitrogen and oxygen atoms in total. The van der Waals surface area contributed by atoms with E-state index in [1.54, 1.807) is 58.3 Å². The molecular weight excluding hydrogens is 628 g/mol. The largest absolute Gasteiger partial charge is 0.480 e. The maximum Gasteiger partial charge on any atom is 0.322 e. The van der Waals surface area contributed by atoms with Gasteiger partial charge >= 0.3 is 5.97 Å². The van der Waals surface area contributed by atoms with Crippen LogP contribution in [0.25, 0.3) is 0 Å². The third kappa shape index (κ3) is 9.44. The van der Waals surface area contributed by atoms with Crippen LogP contribution in [0.5, 0.6) is 0 Å².